The molecule has 0 aliphatic carbocycles. The summed E-state index contributed by atoms with van der Waals surface area (Å²) in [6.07, 6.45) is 3.36. The zero-order chi connectivity index (χ0) is 18.6. The summed E-state index contributed by atoms with van der Waals surface area (Å²) in [6.45, 7) is 0.232. The van der Waals surface area contributed by atoms with Crippen LogP contribution < -0.4 is 0 Å². The monoisotopic (exact) mass is 392 g/mol. The van der Waals surface area contributed by atoms with Crippen molar-refractivity contribution in [2.24, 2.45) is 0 Å². The SMILES string of the molecule is O=C1C(SCc2ccccc2)=C(c2cccs2)C(=O)N1Cc1cccnc1. The molecule has 0 saturated heterocycles. The average Bonchev–Trinajstić information content (AvgIpc) is 3.31. The summed E-state index contributed by atoms with van der Waals surface area (Å²) in [7, 11) is 0. The zero-order valence-corrected chi connectivity index (χ0v) is 16.0. The molecule has 0 saturated carbocycles. The highest BCUT2D eigenvalue weighted by Crippen LogP contribution is 2.39. The molecule has 3 heterocycles. The van der Waals surface area contributed by atoms with E-state index >= 15 is 0 Å². The molecule has 2 aromatic heterocycles. The minimum absolute atomic E-state index is 0.229. The van der Waals surface area contributed by atoms with Crippen molar-refractivity contribution in [3.63, 3.8) is 0 Å². The quantitative estimate of drug-likeness (QED) is 0.585. The summed E-state index contributed by atoms with van der Waals surface area (Å²) in [6, 6.07) is 17.4. The number of aromatic nitrogens is 1. The van der Waals surface area contributed by atoms with Crippen LogP contribution in [0.25, 0.3) is 5.57 Å². The van der Waals surface area contributed by atoms with Crippen LogP contribution in [-0.4, -0.2) is 21.7 Å². The van der Waals surface area contributed by atoms with E-state index in [9.17, 15) is 9.59 Å². The van der Waals surface area contributed by atoms with Gasteiger partial charge in [0.05, 0.1) is 17.0 Å². The zero-order valence-electron chi connectivity index (χ0n) is 14.4. The molecule has 1 aliphatic heterocycles. The number of thioether (sulfide) groups is 1. The molecule has 134 valence electrons. The van der Waals surface area contributed by atoms with Gasteiger partial charge in [0.2, 0.25) is 0 Å². The standard InChI is InChI=1S/C21H16N2O2S2/c24-20-18(17-9-5-11-26-17)19(27-14-15-6-2-1-3-7-15)21(25)23(20)13-16-8-4-10-22-12-16/h1-12H,13-14H2. The Kier molecular flexibility index (Phi) is 5.18. The van der Waals surface area contributed by atoms with Gasteiger partial charge in [-0.2, -0.15) is 0 Å². The van der Waals surface area contributed by atoms with Gasteiger partial charge in [0.1, 0.15) is 0 Å². The van der Waals surface area contributed by atoms with Gasteiger partial charge in [-0.25, -0.2) is 0 Å². The van der Waals surface area contributed by atoms with Gasteiger partial charge in [0.15, 0.2) is 0 Å². The van der Waals surface area contributed by atoms with Gasteiger partial charge in [-0.1, -0.05) is 42.5 Å². The molecule has 0 unspecified atom stereocenters. The number of amides is 2. The summed E-state index contributed by atoms with van der Waals surface area (Å²) in [5, 5.41) is 1.92. The third-order valence-corrected chi connectivity index (χ3v) is 6.21. The van der Waals surface area contributed by atoms with Crippen molar-refractivity contribution in [2.75, 3.05) is 0 Å². The lowest BCUT2D eigenvalue weighted by Crippen LogP contribution is -2.30. The molecule has 6 heteroatoms. The number of carbonyl (C=O) groups is 2. The molecule has 2 amide bonds. The van der Waals surface area contributed by atoms with Crippen molar-refractivity contribution in [3.05, 3.63) is 93.3 Å². The Morgan fingerprint density at radius 3 is 2.44 bits per heavy atom. The molecule has 4 nitrogen and oxygen atoms in total. The third kappa shape index (κ3) is 3.72. The molecule has 0 fully saturated rings. The number of thiophene rings is 1. The van der Waals surface area contributed by atoms with Crippen LogP contribution in [0.3, 0.4) is 0 Å². The highest BCUT2D eigenvalue weighted by molar-refractivity contribution is 8.03. The van der Waals surface area contributed by atoms with Gasteiger partial charge in [-0.3, -0.25) is 19.5 Å². The van der Waals surface area contributed by atoms with Crippen molar-refractivity contribution in [1.82, 2.24) is 9.88 Å². The van der Waals surface area contributed by atoms with E-state index in [1.807, 2.05) is 53.9 Å². The van der Waals surface area contributed by atoms with Crippen LogP contribution in [-0.2, 0) is 21.9 Å². The highest BCUT2D eigenvalue weighted by atomic mass is 32.2. The Morgan fingerprint density at radius 2 is 1.74 bits per heavy atom. The van der Waals surface area contributed by atoms with Crippen LogP contribution >= 0.6 is 23.1 Å². The van der Waals surface area contributed by atoms with E-state index in [-0.39, 0.29) is 18.4 Å². The van der Waals surface area contributed by atoms with Gasteiger partial charge < -0.3 is 0 Å². The van der Waals surface area contributed by atoms with Crippen molar-refractivity contribution in [1.29, 1.82) is 0 Å². The molecule has 0 bridgehead atoms. The van der Waals surface area contributed by atoms with Crippen molar-refractivity contribution < 1.29 is 9.59 Å². The fourth-order valence-electron chi connectivity index (χ4n) is 2.87. The number of rotatable bonds is 6. The van der Waals surface area contributed by atoms with Crippen molar-refractivity contribution in [2.45, 2.75) is 12.3 Å². The molecule has 0 atom stereocenters. The predicted octanol–water partition coefficient (Wildman–Crippen LogP) is 4.36. The van der Waals surface area contributed by atoms with Gasteiger partial charge >= 0.3 is 0 Å². The maximum atomic E-state index is 13.1. The number of nitrogens with zero attached hydrogens (tertiary/aromatic N) is 2. The summed E-state index contributed by atoms with van der Waals surface area (Å²) >= 11 is 2.90. The Balaban J connectivity index is 1.63. The lowest BCUT2D eigenvalue weighted by Gasteiger charge is -2.14. The second-order valence-corrected chi connectivity index (χ2v) is 7.95. The minimum Gasteiger partial charge on any atom is -0.269 e. The number of imide groups is 1. The summed E-state index contributed by atoms with van der Waals surface area (Å²) in [5.74, 6) is 0.181. The second-order valence-electron chi connectivity index (χ2n) is 6.01. The number of pyridine rings is 1. The van der Waals surface area contributed by atoms with Crippen LogP contribution in [0, 0.1) is 0 Å². The largest absolute Gasteiger partial charge is 0.269 e. The first-order valence-electron chi connectivity index (χ1n) is 8.44. The Morgan fingerprint density at radius 1 is 0.926 bits per heavy atom. The molecular weight excluding hydrogens is 376 g/mol. The van der Waals surface area contributed by atoms with E-state index in [0.717, 1.165) is 16.0 Å². The van der Waals surface area contributed by atoms with Gasteiger partial charge in [0, 0.05) is 23.0 Å². The number of carbonyl (C=O) groups excluding carboxylic acids is 2. The lowest BCUT2D eigenvalue weighted by atomic mass is 10.2. The highest BCUT2D eigenvalue weighted by Gasteiger charge is 2.39. The van der Waals surface area contributed by atoms with Crippen LogP contribution in [0.4, 0.5) is 0 Å². The molecule has 0 radical (unpaired) electrons. The van der Waals surface area contributed by atoms with E-state index in [4.69, 9.17) is 0 Å². The summed E-state index contributed by atoms with van der Waals surface area (Å²) in [5.41, 5.74) is 2.46. The van der Waals surface area contributed by atoms with Crippen molar-refractivity contribution in [3.8, 4) is 0 Å². The van der Waals surface area contributed by atoms with Crippen LogP contribution in [0.2, 0.25) is 0 Å². The summed E-state index contributed by atoms with van der Waals surface area (Å²) < 4.78 is 0. The third-order valence-electron chi connectivity index (χ3n) is 4.18. The first-order valence-corrected chi connectivity index (χ1v) is 10.3. The maximum Gasteiger partial charge on any atom is 0.268 e. The topological polar surface area (TPSA) is 50.3 Å². The molecule has 1 aromatic carbocycles. The molecule has 0 spiro atoms. The van der Waals surface area contributed by atoms with Crippen LogP contribution in [0.1, 0.15) is 16.0 Å². The molecule has 4 rings (SSSR count). The Hall–Kier alpha value is -2.70. The Bertz CT molecular complexity index is 984. The first-order chi connectivity index (χ1) is 13.2. The van der Waals surface area contributed by atoms with Crippen LogP contribution in [0.5, 0.6) is 0 Å². The molecule has 27 heavy (non-hydrogen) atoms. The van der Waals surface area contributed by atoms with Crippen molar-refractivity contribution >= 4 is 40.5 Å². The van der Waals surface area contributed by atoms with E-state index < -0.39 is 0 Å². The van der Waals surface area contributed by atoms with E-state index in [0.29, 0.717) is 16.2 Å². The van der Waals surface area contributed by atoms with Gasteiger partial charge in [-0.15, -0.1) is 23.1 Å². The minimum atomic E-state index is -0.234. The average molecular weight is 393 g/mol. The molecular formula is C21H16N2O2S2. The van der Waals surface area contributed by atoms with Crippen LogP contribution in [0.15, 0.2) is 77.3 Å². The van der Waals surface area contributed by atoms with Gasteiger partial charge in [-0.05, 0) is 28.6 Å². The lowest BCUT2D eigenvalue weighted by molar-refractivity contribution is -0.137. The molecule has 0 N–H and O–H groups in total. The van der Waals surface area contributed by atoms with E-state index in [1.54, 1.807) is 18.5 Å². The van der Waals surface area contributed by atoms with E-state index in [2.05, 4.69) is 4.98 Å². The molecule has 3 aromatic rings. The number of hydrogen-bond acceptors (Lipinski definition) is 5. The predicted molar refractivity (Wildman–Crippen MR) is 109 cm³/mol. The Labute approximate surface area is 165 Å². The molecule has 1 aliphatic rings. The fraction of sp³-hybridized carbons (Fsp3) is 0.0952. The normalized spacial score (nSPS) is 14.3. The maximum absolute atomic E-state index is 13.1. The first kappa shape index (κ1) is 17.7. The number of hydrogen-bond donors (Lipinski definition) is 0. The van der Waals surface area contributed by atoms with E-state index in [1.165, 1.54) is 28.0 Å². The summed E-state index contributed by atoms with van der Waals surface area (Å²) in [4.78, 5) is 32.9. The smallest absolute Gasteiger partial charge is 0.268 e. The fourth-order valence-corrected chi connectivity index (χ4v) is 4.78. The second kappa shape index (κ2) is 7.90. The van der Waals surface area contributed by atoms with Gasteiger partial charge in [0.25, 0.3) is 11.8 Å². The number of benzene rings is 1.